The van der Waals surface area contributed by atoms with Crippen LogP contribution >= 0.6 is 0 Å². The first kappa shape index (κ1) is 15.3. The van der Waals surface area contributed by atoms with Crippen LogP contribution in [0.1, 0.15) is 25.3 Å². The maximum Gasteiger partial charge on any atom is 0.344 e. The minimum atomic E-state index is -0.282. The first-order valence-electron chi connectivity index (χ1n) is 8.07. The third-order valence-corrected chi connectivity index (χ3v) is 3.95. The molecule has 0 saturated heterocycles. The normalized spacial score (nSPS) is 10.7. The molecule has 2 heteroatoms. The largest absolute Gasteiger partial charge is 0.422 e. The monoisotopic (exact) mass is 304 g/mol. The molecule has 3 rings (SSSR count). The van der Waals surface area contributed by atoms with Crippen LogP contribution in [-0.2, 0) is 6.42 Å². The second-order valence-electron chi connectivity index (χ2n) is 5.64. The van der Waals surface area contributed by atoms with Crippen LogP contribution in [0, 0.1) is 0 Å². The number of unbranched alkanes of at least 4 members (excludes halogenated alkanes) is 1. The molecule has 0 spiro atoms. The molecule has 0 unspecified atom stereocenters. The van der Waals surface area contributed by atoms with Crippen LogP contribution in [0.2, 0.25) is 0 Å². The molecule has 116 valence electrons. The number of benzene rings is 2. The molecule has 0 amide bonds. The van der Waals surface area contributed by atoms with Crippen LogP contribution in [-0.4, -0.2) is 0 Å². The Bertz CT molecular complexity index is 817. The summed E-state index contributed by atoms with van der Waals surface area (Å²) in [7, 11) is 0. The third kappa shape index (κ3) is 3.42. The van der Waals surface area contributed by atoms with Crippen molar-refractivity contribution in [1.82, 2.24) is 0 Å². The first-order chi connectivity index (χ1) is 11.3. The van der Waals surface area contributed by atoms with Gasteiger partial charge in [-0.1, -0.05) is 74.0 Å². The third-order valence-electron chi connectivity index (χ3n) is 3.95. The van der Waals surface area contributed by atoms with Crippen molar-refractivity contribution in [1.29, 1.82) is 0 Å². The molecule has 2 aromatic carbocycles. The van der Waals surface area contributed by atoms with E-state index in [1.807, 2.05) is 66.7 Å². The van der Waals surface area contributed by atoms with Gasteiger partial charge in [0.2, 0.25) is 0 Å². The van der Waals surface area contributed by atoms with E-state index in [4.69, 9.17) is 4.42 Å². The Hall–Kier alpha value is -2.61. The molecule has 0 aliphatic carbocycles. The Labute approximate surface area is 136 Å². The van der Waals surface area contributed by atoms with Gasteiger partial charge in [0.05, 0.1) is 5.56 Å². The van der Waals surface area contributed by atoms with E-state index in [0.717, 1.165) is 36.0 Å². The minimum Gasteiger partial charge on any atom is -0.422 e. The Morgan fingerprint density at radius 1 is 0.870 bits per heavy atom. The molecule has 0 aliphatic rings. The molecular weight excluding hydrogens is 284 g/mol. The number of rotatable bonds is 5. The van der Waals surface area contributed by atoms with Gasteiger partial charge in [0, 0.05) is 5.56 Å². The van der Waals surface area contributed by atoms with Gasteiger partial charge in [0.25, 0.3) is 0 Å². The van der Waals surface area contributed by atoms with E-state index in [1.54, 1.807) is 0 Å². The average molecular weight is 304 g/mol. The zero-order valence-electron chi connectivity index (χ0n) is 13.3. The molecule has 1 heterocycles. The van der Waals surface area contributed by atoms with Crippen LogP contribution in [0.5, 0.6) is 0 Å². The maximum absolute atomic E-state index is 12.5. The van der Waals surface area contributed by atoms with E-state index < -0.39 is 0 Å². The molecule has 0 bridgehead atoms. The quantitative estimate of drug-likeness (QED) is 0.639. The SMILES string of the molecule is CCCCc1cc(-c2ccccc2)c(=O)oc1-c1ccccc1. The van der Waals surface area contributed by atoms with Crippen molar-refractivity contribution in [2.75, 3.05) is 0 Å². The van der Waals surface area contributed by atoms with Crippen LogP contribution < -0.4 is 5.63 Å². The highest BCUT2D eigenvalue weighted by atomic mass is 16.4. The van der Waals surface area contributed by atoms with Gasteiger partial charge in [-0.3, -0.25) is 0 Å². The standard InChI is InChI=1S/C21H20O2/c1-2-3-10-18-15-19(16-11-6-4-7-12-16)21(22)23-20(18)17-13-8-5-9-14-17/h4-9,11-15H,2-3,10H2,1H3. The molecule has 0 radical (unpaired) electrons. The zero-order chi connectivity index (χ0) is 16.1. The second kappa shape index (κ2) is 7.10. The van der Waals surface area contributed by atoms with Gasteiger partial charge in [-0.25, -0.2) is 4.79 Å². The van der Waals surface area contributed by atoms with Crippen LogP contribution in [0.3, 0.4) is 0 Å². The summed E-state index contributed by atoms with van der Waals surface area (Å²) in [6.45, 7) is 2.17. The predicted molar refractivity (Wildman–Crippen MR) is 94.5 cm³/mol. The molecule has 0 atom stereocenters. The van der Waals surface area contributed by atoms with Gasteiger partial charge in [-0.15, -0.1) is 0 Å². The topological polar surface area (TPSA) is 30.2 Å². The summed E-state index contributed by atoms with van der Waals surface area (Å²) in [4.78, 5) is 12.5. The lowest BCUT2D eigenvalue weighted by molar-refractivity contribution is 0.520. The van der Waals surface area contributed by atoms with Crippen molar-refractivity contribution >= 4 is 0 Å². The number of hydrogen-bond donors (Lipinski definition) is 0. The fourth-order valence-electron chi connectivity index (χ4n) is 2.72. The predicted octanol–water partition coefficient (Wildman–Crippen LogP) is 5.32. The Morgan fingerprint density at radius 3 is 2.09 bits per heavy atom. The van der Waals surface area contributed by atoms with E-state index in [0.29, 0.717) is 11.3 Å². The number of aryl methyl sites for hydroxylation is 1. The molecular formula is C21H20O2. The van der Waals surface area contributed by atoms with E-state index in [1.165, 1.54) is 0 Å². The fraction of sp³-hybridized carbons (Fsp3) is 0.190. The Kier molecular flexibility index (Phi) is 4.72. The summed E-state index contributed by atoms with van der Waals surface area (Å²) in [6.07, 6.45) is 3.08. The average Bonchev–Trinajstić information content (AvgIpc) is 2.62. The van der Waals surface area contributed by atoms with Crippen LogP contribution in [0.4, 0.5) is 0 Å². The van der Waals surface area contributed by atoms with Gasteiger partial charge in [-0.05, 0) is 30.0 Å². The van der Waals surface area contributed by atoms with Crippen molar-refractivity contribution in [3.05, 3.63) is 82.7 Å². The second-order valence-corrected chi connectivity index (χ2v) is 5.64. The van der Waals surface area contributed by atoms with Crippen molar-refractivity contribution < 1.29 is 4.42 Å². The van der Waals surface area contributed by atoms with Gasteiger partial charge < -0.3 is 4.42 Å². The fourth-order valence-corrected chi connectivity index (χ4v) is 2.72. The first-order valence-corrected chi connectivity index (χ1v) is 8.07. The molecule has 0 fully saturated rings. The highest BCUT2D eigenvalue weighted by Crippen LogP contribution is 2.27. The lowest BCUT2D eigenvalue weighted by Crippen LogP contribution is -2.06. The number of hydrogen-bond acceptors (Lipinski definition) is 2. The van der Waals surface area contributed by atoms with Gasteiger partial charge in [-0.2, -0.15) is 0 Å². The van der Waals surface area contributed by atoms with E-state index in [-0.39, 0.29) is 5.63 Å². The Balaban J connectivity index is 2.14. The van der Waals surface area contributed by atoms with Crippen molar-refractivity contribution in [3.8, 4) is 22.5 Å². The van der Waals surface area contributed by atoms with Gasteiger partial charge in [0.1, 0.15) is 5.76 Å². The zero-order valence-corrected chi connectivity index (χ0v) is 13.3. The molecule has 23 heavy (non-hydrogen) atoms. The van der Waals surface area contributed by atoms with Crippen LogP contribution in [0.15, 0.2) is 75.9 Å². The lowest BCUT2D eigenvalue weighted by atomic mass is 9.99. The molecule has 0 saturated carbocycles. The van der Waals surface area contributed by atoms with Crippen LogP contribution in [0.25, 0.3) is 22.5 Å². The summed E-state index contributed by atoms with van der Waals surface area (Å²) >= 11 is 0. The smallest absolute Gasteiger partial charge is 0.344 e. The van der Waals surface area contributed by atoms with Crippen molar-refractivity contribution in [3.63, 3.8) is 0 Å². The summed E-state index contributed by atoms with van der Waals surface area (Å²) in [6, 6.07) is 21.6. The molecule has 0 N–H and O–H groups in total. The van der Waals surface area contributed by atoms with Gasteiger partial charge >= 0.3 is 5.63 Å². The molecule has 1 aromatic heterocycles. The minimum absolute atomic E-state index is 0.282. The van der Waals surface area contributed by atoms with E-state index >= 15 is 0 Å². The summed E-state index contributed by atoms with van der Waals surface area (Å²) < 4.78 is 5.72. The van der Waals surface area contributed by atoms with Crippen molar-refractivity contribution in [2.24, 2.45) is 0 Å². The lowest BCUT2D eigenvalue weighted by Gasteiger charge is -2.10. The maximum atomic E-state index is 12.5. The highest BCUT2D eigenvalue weighted by Gasteiger charge is 2.13. The Morgan fingerprint density at radius 2 is 1.48 bits per heavy atom. The van der Waals surface area contributed by atoms with Gasteiger partial charge in [0.15, 0.2) is 0 Å². The molecule has 0 aliphatic heterocycles. The summed E-state index contributed by atoms with van der Waals surface area (Å²) in [5.41, 5.74) is 3.30. The van der Waals surface area contributed by atoms with Crippen molar-refractivity contribution in [2.45, 2.75) is 26.2 Å². The van der Waals surface area contributed by atoms with E-state index in [9.17, 15) is 4.79 Å². The highest BCUT2D eigenvalue weighted by molar-refractivity contribution is 5.68. The molecule has 3 aromatic rings. The van der Waals surface area contributed by atoms with E-state index in [2.05, 4.69) is 6.92 Å². The molecule has 2 nitrogen and oxygen atoms in total. The summed E-state index contributed by atoms with van der Waals surface area (Å²) in [5, 5.41) is 0. The summed E-state index contributed by atoms with van der Waals surface area (Å²) in [5.74, 6) is 0.698.